The number of aromatic amines is 1. The SMILES string of the molecule is CC(=O)N1CCC(NCc2csc(=O)[nH]2)CC1. The zero-order valence-corrected chi connectivity index (χ0v) is 10.7. The van der Waals surface area contributed by atoms with Gasteiger partial charge in [0.05, 0.1) is 0 Å². The predicted molar refractivity (Wildman–Crippen MR) is 67.1 cm³/mol. The van der Waals surface area contributed by atoms with Crippen molar-refractivity contribution in [1.82, 2.24) is 15.2 Å². The highest BCUT2D eigenvalue weighted by Crippen LogP contribution is 2.10. The summed E-state index contributed by atoms with van der Waals surface area (Å²) in [6.07, 6.45) is 1.96. The normalized spacial score (nSPS) is 17.4. The minimum absolute atomic E-state index is 0.00630. The van der Waals surface area contributed by atoms with E-state index in [4.69, 9.17) is 0 Å². The first-order valence-corrected chi connectivity index (χ1v) is 6.68. The number of hydrogen-bond acceptors (Lipinski definition) is 4. The van der Waals surface area contributed by atoms with Crippen LogP contribution in [0.3, 0.4) is 0 Å². The van der Waals surface area contributed by atoms with Crippen LogP contribution in [-0.4, -0.2) is 34.9 Å². The Hall–Kier alpha value is -1.14. The molecule has 0 atom stereocenters. The number of amides is 1. The predicted octanol–water partition coefficient (Wildman–Crippen LogP) is 0.537. The van der Waals surface area contributed by atoms with Crippen molar-refractivity contribution in [2.24, 2.45) is 0 Å². The van der Waals surface area contributed by atoms with E-state index < -0.39 is 0 Å². The first kappa shape index (κ1) is 12.3. The molecule has 1 aliphatic rings. The van der Waals surface area contributed by atoms with Gasteiger partial charge in [0.25, 0.3) is 0 Å². The maximum atomic E-state index is 11.2. The van der Waals surface area contributed by atoms with Gasteiger partial charge in [0.1, 0.15) is 0 Å². The molecule has 2 heterocycles. The van der Waals surface area contributed by atoms with Gasteiger partial charge >= 0.3 is 4.87 Å². The molecule has 0 unspecified atom stereocenters. The van der Waals surface area contributed by atoms with Gasteiger partial charge in [-0.1, -0.05) is 11.3 Å². The number of nitrogens with one attached hydrogen (secondary N) is 2. The Bertz CT molecular complexity index is 432. The summed E-state index contributed by atoms with van der Waals surface area (Å²) >= 11 is 1.19. The van der Waals surface area contributed by atoms with Gasteiger partial charge in [-0.2, -0.15) is 0 Å². The molecule has 0 aromatic carbocycles. The minimum atomic E-state index is -0.00630. The molecule has 0 saturated carbocycles. The van der Waals surface area contributed by atoms with Gasteiger partial charge < -0.3 is 15.2 Å². The summed E-state index contributed by atoms with van der Waals surface area (Å²) in [7, 11) is 0. The molecular formula is C11H17N3O2S. The fourth-order valence-electron chi connectivity index (χ4n) is 2.05. The van der Waals surface area contributed by atoms with Gasteiger partial charge in [0, 0.05) is 43.7 Å². The average molecular weight is 255 g/mol. The molecule has 5 nitrogen and oxygen atoms in total. The summed E-state index contributed by atoms with van der Waals surface area (Å²) in [5.74, 6) is 0.158. The molecular weight excluding hydrogens is 238 g/mol. The molecule has 2 rings (SSSR count). The van der Waals surface area contributed by atoms with E-state index in [0.717, 1.165) is 31.6 Å². The number of thiazole rings is 1. The van der Waals surface area contributed by atoms with Gasteiger partial charge in [-0.15, -0.1) is 0 Å². The van der Waals surface area contributed by atoms with E-state index in [1.807, 2.05) is 10.3 Å². The molecule has 0 radical (unpaired) electrons. The standard InChI is InChI=1S/C11H17N3O2S/c1-8(15)14-4-2-9(3-5-14)12-6-10-7-17-11(16)13-10/h7,9,12H,2-6H2,1H3,(H,13,16). The third-order valence-corrected chi connectivity index (χ3v) is 3.81. The molecule has 1 aromatic heterocycles. The summed E-state index contributed by atoms with van der Waals surface area (Å²) in [5.41, 5.74) is 0.939. The molecule has 2 N–H and O–H groups in total. The fourth-order valence-corrected chi connectivity index (χ4v) is 2.63. The Morgan fingerprint density at radius 1 is 1.59 bits per heavy atom. The smallest absolute Gasteiger partial charge is 0.304 e. The first-order valence-electron chi connectivity index (χ1n) is 5.81. The first-order chi connectivity index (χ1) is 8.15. The number of carbonyl (C=O) groups excluding carboxylic acids is 1. The summed E-state index contributed by atoms with van der Waals surface area (Å²) in [4.78, 5) is 26.8. The Kier molecular flexibility index (Phi) is 3.96. The molecule has 17 heavy (non-hydrogen) atoms. The van der Waals surface area contributed by atoms with E-state index in [2.05, 4.69) is 10.3 Å². The van der Waals surface area contributed by atoms with Gasteiger partial charge in [0.15, 0.2) is 0 Å². The Morgan fingerprint density at radius 3 is 2.82 bits per heavy atom. The molecule has 1 amide bonds. The van der Waals surface area contributed by atoms with E-state index in [-0.39, 0.29) is 10.8 Å². The summed E-state index contributed by atoms with van der Waals surface area (Å²) in [6.45, 7) is 3.97. The lowest BCUT2D eigenvalue weighted by atomic mass is 10.1. The topological polar surface area (TPSA) is 65.2 Å². The molecule has 1 fully saturated rings. The maximum absolute atomic E-state index is 11.2. The van der Waals surface area contributed by atoms with Crippen LogP contribution in [0, 0.1) is 0 Å². The van der Waals surface area contributed by atoms with Crippen molar-refractivity contribution in [2.75, 3.05) is 13.1 Å². The Labute approximate surface area is 104 Å². The van der Waals surface area contributed by atoms with Crippen LogP contribution in [0.4, 0.5) is 0 Å². The lowest BCUT2D eigenvalue weighted by Crippen LogP contribution is -2.44. The molecule has 1 aromatic rings. The maximum Gasteiger partial charge on any atom is 0.304 e. The largest absolute Gasteiger partial charge is 0.343 e. The van der Waals surface area contributed by atoms with Crippen molar-refractivity contribution in [3.63, 3.8) is 0 Å². The number of likely N-dealkylation sites (tertiary alicyclic amines) is 1. The molecule has 0 spiro atoms. The van der Waals surface area contributed by atoms with Crippen molar-refractivity contribution in [2.45, 2.75) is 32.4 Å². The number of hydrogen-bond donors (Lipinski definition) is 2. The van der Waals surface area contributed by atoms with Crippen LogP contribution in [0.25, 0.3) is 0 Å². The monoisotopic (exact) mass is 255 g/mol. The van der Waals surface area contributed by atoms with Crippen LogP contribution >= 0.6 is 11.3 Å². The Morgan fingerprint density at radius 2 is 2.29 bits per heavy atom. The number of H-pyrrole nitrogens is 1. The number of rotatable bonds is 3. The lowest BCUT2D eigenvalue weighted by Gasteiger charge is -2.31. The van der Waals surface area contributed by atoms with Gasteiger partial charge in [-0.05, 0) is 12.8 Å². The molecule has 1 saturated heterocycles. The summed E-state index contributed by atoms with van der Waals surface area (Å²) < 4.78 is 0. The second-order valence-corrected chi connectivity index (χ2v) is 5.18. The third kappa shape index (κ3) is 3.41. The van der Waals surface area contributed by atoms with Crippen LogP contribution < -0.4 is 10.2 Å². The Balaban J connectivity index is 1.75. The summed E-state index contributed by atoms with van der Waals surface area (Å²) in [5, 5.41) is 5.26. The van der Waals surface area contributed by atoms with Crippen LogP contribution in [0.15, 0.2) is 10.2 Å². The van der Waals surface area contributed by atoms with E-state index in [1.54, 1.807) is 6.92 Å². The van der Waals surface area contributed by atoms with Crippen LogP contribution in [0.2, 0.25) is 0 Å². The average Bonchev–Trinajstić information content (AvgIpc) is 2.73. The van der Waals surface area contributed by atoms with Gasteiger partial charge in [-0.3, -0.25) is 9.59 Å². The van der Waals surface area contributed by atoms with E-state index in [1.165, 1.54) is 11.3 Å². The molecule has 6 heteroatoms. The second kappa shape index (κ2) is 5.46. The van der Waals surface area contributed by atoms with Crippen molar-refractivity contribution in [3.8, 4) is 0 Å². The molecule has 0 aliphatic carbocycles. The molecule has 1 aliphatic heterocycles. The summed E-state index contributed by atoms with van der Waals surface area (Å²) in [6, 6.07) is 0.439. The van der Waals surface area contributed by atoms with Crippen LogP contribution in [0.1, 0.15) is 25.5 Å². The number of carbonyl (C=O) groups is 1. The lowest BCUT2D eigenvalue weighted by molar-refractivity contribution is -0.129. The number of piperidine rings is 1. The van der Waals surface area contributed by atoms with E-state index in [0.29, 0.717) is 12.6 Å². The highest BCUT2D eigenvalue weighted by molar-refractivity contribution is 7.07. The van der Waals surface area contributed by atoms with Gasteiger partial charge in [-0.25, -0.2) is 0 Å². The zero-order chi connectivity index (χ0) is 12.3. The quantitative estimate of drug-likeness (QED) is 0.828. The van der Waals surface area contributed by atoms with Crippen molar-refractivity contribution >= 4 is 17.2 Å². The van der Waals surface area contributed by atoms with Gasteiger partial charge in [0.2, 0.25) is 5.91 Å². The fraction of sp³-hybridized carbons (Fsp3) is 0.636. The highest BCUT2D eigenvalue weighted by Gasteiger charge is 2.20. The minimum Gasteiger partial charge on any atom is -0.343 e. The number of aromatic nitrogens is 1. The van der Waals surface area contributed by atoms with E-state index in [9.17, 15) is 9.59 Å². The van der Waals surface area contributed by atoms with Crippen molar-refractivity contribution < 1.29 is 4.79 Å². The zero-order valence-electron chi connectivity index (χ0n) is 9.86. The van der Waals surface area contributed by atoms with Crippen LogP contribution in [-0.2, 0) is 11.3 Å². The van der Waals surface area contributed by atoms with E-state index >= 15 is 0 Å². The van der Waals surface area contributed by atoms with Crippen molar-refractivity contribution in [1.29, 1.82) is 0 Å². The molecule has 0 bridgehead atoms. The number of nitrogens with zero attached hydrogens (tertiary/aromatic N) is 1. The molecule has 94 valence electrons. The highest BCUT2D eigenvalue weighted by atomic mass is 32.1. The van der Waals surface area contributed by atoms with Crippen molar-refractivity contribution in [3.05, 3.63) is 20.7 Å². The third-order valence-electron chi connectivity index (χ3n) is 3.09. The van der Waals surface area contributed by atoms with Crippen LogP contribution in [0.5, 0.6) is 0 Å². The second-order valence-electron chi connectivity index (χ2n) is 4.33.